The van der Waals surface area contributed by atoms with E-state index in [4.69, 9.17) is 9.72 Å². The zero-order valence-electron chi connectivity index (χ0n) is 20.5. The molecule has 2 aliphatic rings. The molecule has 0 spiro atoms. The van der Waals surface area contributed by atoms with E-state index < -0.39 is 12.1 Å². The third-order valence-electron chi connectivity index (χ3n) is 7.19. The highest BCUT2D eigenvalue weighted by Gasteiger charge is 2.34. The molecule has 1 unspecified atom stereocenters. The Morgan fingerprint density at radius 3 is 2.74 bits per heavy atom. The van der Waals surface area contributed by atoms with Crippen molar-refractivity contribution < 1.29 is 24.2 Å². The summed E-state index contributed by atoms with van der Waals surface area (Å²) in [4.78, 5) is 54.5. The number of nitrogens with one attached hydrogen (secondary N) is 2. The van der Waals surface area contributed by atoms with Crippen LogP contribution in [0.15, 0.2) is 47.3 Å². The fourth-order valence-electron chi connectivity index (χ4n) is 5.24. The first-order valence-corrected chi connectivity index (χ1v) is 12.4. The Kier molecular flexibility index (Phi) is 5.68. The van der Waals surface area contributed by atoms with Crippen LogP contribution in [0, 0.1) is 0 Å². The predicted octanol–water partition coefficient (Wildman–Crippen LogP) is 1.81. The van der Waals surface area contributed by atoms with Crippen molar-refractivity contribution in [2.75, 3.05) is 6.54 Å². The molecule has 10 nitrogen and oxygen atoms in total. The molecular weight excluding hydrogens is 488 g/mol. The van der Waals surface area contributed by atoms with Gasteiger partial charge in [0.15, 0.2) is 6.10 Å². The van der Waals surface area contributed by atoms with Crippen molar-refractivity contribution in [2.45, 2.75) is 39.1 Å². The number of rotatable bonds is 5. The van der Waals surface area contributed by atoms with Gasteiger partial charge in [-0.25, -0.2) is 9.78 Å². The lowest BCUT2D eigenvalue weighted by atomic mass is 9.95. The van der Waals surface area contributed by atoms with Gasteiger partial charge in [0.05, 0.1) is 35.6 Å². The summed E-state index contributed by atoms with van der Waals surface area (Å²) >= 11 is 0. The van der Waals surface area contributed by atoms with Gasteiger partial charge in [-0.2, -0.15) is 0 Å². The minimum Gasteiger partial charge on any atom is -0.458 e. The fraction of sp³-hybridized carbons (Fsp3) is 0.250. The van der Waals surface area contributed by atoms with Crippen molar-refractivity contribution in [3.63, 3.8) is 0 Å². The Morgan fingerprint density at radius 1 is 1.11 bits per heavy atom. The number of amides is 2. The second kappa shape index (κ2) is 9.07. The minimum absolute atomic E-state index is 0.142. The average Bonchev–Trinajstić information content (AvgIpc) is 3.30. The molecule has 0 saturated carbocycles. The Balaban J connectivity index is 1.51. The van der Waals surface area contributed by atoms with Gasteiger partial charge in [0.1, 0.15) is 6.61 Å². The maximum atomic E-state index is 13.4. The van der Waals surface area contributed by atoms with Crippen molar-refractivity contribution >= 4 is 39.5 Å². The second-order valence-corrected chi connectivity index (χ2v) is 9.37. The summed E-state index contributed by atoms with van der Waals surface area (Å²) in [5.74, 6) is -1.35. The number of cyclic esters (lactones) is 1. The number of esters is 1. The Hall–Kier alpha value is -4.57. The molecule has 10 heteroatoms. The SMILES string of the molecule is CCC(=O)NCC(=O)NCc1c2c(nc3ccc4ccccc4c13)-c1cc3c(c(=O)n1C2)COC(=O)C3O. The number of carbonyl (C=O) groups excluding carboxylic acids is 3. The molecule has 2 amide bonds. The molecule has 1 atom stereocenters. The molecule has 3 N–H and O–H groups in total. The van der Waals surface area contributed by atoms with Crippen LogP contribution < -0.4 is 16.2 Å². The van der Waals surface area contributed by atoms with E-state index in [0.717, 1.165) is 27.3 Å². The first kappa shape index (κ1) is 23.8. The topological polar surface area (TPSA) is 140 Å². The predicted molar refractivity (Wildman–Crippen MR) is 138 cm³/mol. The Bertz CT molecular complexity index is 1740. The molecule has 2 aliphatic heterocycles. The van der Waals surface area contributed by atoms with Crippen molar-refractivity contribution in [2.24, 2.45) is 0 Å². The molecule has 0 aliphatic carbocycles. The van der Waals surface area contributed by atoms with Gasteiger partial charge < -0.3 is 25.0 Å². The summed E-state index contributed by atoms with van der Waals surface area (Å²) in [6, 6.07) is 13.4. The van der Waals surface area contributed by atoms with Crippen LogP contribution in [0.2, 0.25) is 0 Å². The number of carbonyl (C=O) groups is 3. The zero-order chi connectivity index (χ0) is 26.6. The number of aromatic nitrogens is 2. The van der Waals surface area contributed by atoms with Crippen molar-refractivity contribution in [1.82, 2.24) is 20.2 Å². The number of nitrogens with zero attached hydrogens (tertiary/aromatic N) is 2. The lowest BCUT2D eigenvalue weighted by molar-refractivity contribution is -0.157. The summed E-state index contributed by atoms with van der Waals surface area (Å²) in [6.07, 6.45) is -1.26. The van der Waals surface area contributed by atoms with Crippen LogP contribution in [0.3, 0.4) is 0 Å². The van der Waals surface area contributed by atoms with Gasteiger partial charge >= 0.3 is 5.97 Å². The van der Waals surface area contributed by atoms with E-state index in [1.165, 1.54) is 0 Å². The highest BCUT2D eigenvalue weighted by atomic mass is 16.5. The van der Waals surface area contributed by atoms with Gasteiger partial charge in [-0.05, 0) is 28.5 Å². The summed E-state index contributed by atoms with van der Waals surface area (Å²) in [6.45, 7) is 1.74. The van der Waals surface area contributed by atoms with E-state index in [1.54, 1.807) is 17.6 Å². The van der Waals surface area contributed by atoms with Gasteiger partial charge in [0.2, 0.25) is 11.8 Å². The van der Waals surface area contributed by atoms with Gasteiger partial charge in [-0.1, -0.05) is 37.3 Å². The van der Waals surface area contributed by atoms with Crippen LogP contribution >= 0.6 is 0 Å². The maximum absolute atomic E-state index is 13.4. The van der Waals surface area contributed by atoms with Crippen LogP contribution in [0.25, 0.3) is 33.1 Å². The van der Waals surface area contributed by atoms with E-state index in [1.807, 2.05) is 36.4 Å². The third kappa shape index (κ3) is 3.72. The quantitative estimate of drug-likeness (QED) is 0.241. The molecule has 192 valence electrons. The molecule has 4 aromatic rings. The van der Waals surface area contributed by atoms with Crippen LogP contribution in [-0.2, 0) is 38.8 Å². The molecule has 0 bridgehead atoms. The van der Waals surface area contributed by atoms with Crippen LogP contribution in [0.1, 0.15) is 41.7 Å². The first-order valence-electron chi connectivity index (χ1n) is 12.4. The van der Waals surface area contributed by atoms with E-state index in [0.29, 0.717) is 16.9 Å². The van der Waals surface area contributed by atoms with Crippen LogP contribution in [0.5, 0.6) is 0 Å². The van der Waals surface area contributed by atoms with Gasteiger partial charge in [0.25, 0.3) is 5.56 Å². The highest BCUT2D eigenvalue weighted by Crippen LogP contribution is 2.39. The second-order valence-electron chi connectivity index (χ2n) is 9.37. The Labute approximate surface area is 216 Å². The number of hydrogen-bond donors (Lipinski definition) is 3. The largest absolute Gasteiger partial charge is 0.458 e. The van der Waals surface area contributed by atoms with Crippen molar-refractivity contribution in [3.05, 3.63) is 75.1 Å². The number of benzene rings is 2. The molecule has 0 saturated heterocycles. The Morgan fingerprint density at radius 2 is 1.92 bits per heavy atom. The smallest absolute Gasteiger partial charge is 0.340 e. The van der Waals surface area contributed by atoms with Crippen molar-refractivity contribution in [3.8, 4) is 11.4 Å². The number of aliphatic hydroxyl groups excluding tert-OH is 1. The summed E-state index contributed by atoms with van der Waals surface area (Å²) in [5, 5.41) is 18.7. The molecule has 2 aromatic heterocycles. The molecule has 6 rings (SSSR count). The average molecular weight is 513 g/mol. The van der Waals surface area contributed by atoms with Gasteiger partial charge in [-0.15, -0.1) is 0 Å². The van der Waals surface area contributed by atoms with E-state index >= 15 is 0 Å². The third-order valence-corrected chi connectivity index (χ3v) is 7.19. The number of ether oxygens (including phenoxy) is 1. The lowest BCUT2D eigenvalue weighted by Gasteiger charge is -2.21. The van der Waals surface area contributed by atoms with E-state index in [-0.39, 0.29) is 61.2 Å². The van der Waals surface area contributed by atoms with Gasteiger partial charge in [0, 0.05) is 29.5 Å². The normalized spacial score (nSPS) is 15.5. The van der Waals surface area contributed by atoms with Crippen LogP contribution in [0.4, 0.5) is 0 Å². The fourth-order valence-corrected chi connectivity index (χ4v) is 5.24. The summed E-state index contributed by atoms with van der Waals surface area (Å²) < 4.78 is 6.55. The number of aliphatic hydroxyl groups is 1. The maximum Gasteiger partial charge on any atom is 0.340 e. The van der Waals surface area contributed by atoms with Crippen molar-refractivity contribution in [1.29, 1.82) is 0 Å². The molecule has 38 heavy (non-hydrogen) atoms. The molecule has 0 radical (unpaired) electrons. The standard InChI is InChI=1S/C28H24N4O6/c1-2-22(33)30-11-23(34)29-10-17-18-12-32-21(9-16-19(27(32)36)13-38-28(37)26(16)35)25(18)31-20-8-7-14-5-3-4-6-15(14)24(17)20/h3-9,26,35H,2,10-13H2,1H3,(H,29,34)(H,30,33). The molecule has 0 fully saturated rings. The van der Waals surface area contributed by atoms with E-state index in [9.17, 15) is 24.3 Å². The molecule has 2 aromatic carbocycles. The monoisotopic (exact) mass is 512 g/mol. The van der Waals surface area contributed by atoms with E-state index in [2.05, 4.69) is 10.6 Å². The first-order chi connectivity index (χ1) is 18.4. The lowest BCUT2D eigenvalue weighted by Crippen LogP contribution is -2.36. The highest BCUT2D eigenvalue weighted by molar-refractivity contribution is 6.09. The van der Waals surface area contributed by atoms with Crippen LogP contribution in [-0.4, -0.2) is 39.0 Å². The summed E-state index contributed by atoms with van der Waals surface area (Å²) in [5.41, 5.74) is 3.44. The number of pyridine rings is 2. The summed E-state index contributed by atoms with van der Waals surface area (Å²) in [7, 11) is 0. The zero-order valence-corrected chi connectivity index (χ0v) is 20.5. The minimum atomic E-state index is -1.54. The number of hydrogen-bond acceptors (Lipinski definition) is 7. The molecule has 4 heterocycles. The number of fused-ring (bicyclic) bond motifs is 7. The van der Waals surface area contributed by atoms with Gasteiger partial charge in [-0.3, -0.25) is 14.4 Å². The molecular formula is C28H24N4O6.